The van der Waals surface area contributed by atoms with E-state index < -0.39 is 82.4 Å². The Labute approximate surface area is 265 Å². The highest BCUT2D eigenvalue weighted by atomic mass is 32.2. The van der Waals surface area contributed by atoms with Crippen LogP contribution < -0.4 is 16.0 Å². The molecule has 0 aromatic rings. The number of carbonyl (C=O) groups excluding carboxylic acids is 5. The number of amides is 5. The molecule has 0 spiro atoms. The molecule has 5 amide bonds. The van der Waals surface area contributed by atoms with Crippen LogP contribution in [0, 0.1) is 5.92 Å². The van der Waals surface area contributed by atoms with Gasteiger partial charge in [-0.2, -0.15) is 8.42 Å². The number of ether oxygens (including phenoxy) is 5. The number of carbonyl (C=O) groups is 6. The molecule has 3 atom stereocenters. The van der Waals surface area contributed by atoms with Gasteiger partial charge in [0.05, 0.1) is 72.1 Å². The first-order valence-electron chi connectivity index (χ1n) is 14.3. The Morgan fingerprint density at radius 1 is 0.783 bits per heavy atom. The van der Waals surface area contributed by atoms with Gasteiger partial charge >= 0.3 is 5.97 Å². The van der Waals surface area contributed by atoms with Gasteiger partial charge in [0.2, 0.25) is 17.7 Å². The van der Waals surface area contributed by atoms with Gasteiger partial charge in [0, 0.05) is 38.1 Å². The highest BCUT2D eigenvalue weighted by Gasteiger charge is 2.41. The van der Waals surface area contributed by atoms with Gasteiger partial charge in [0.1, 0.15) is 17.7 Å². The molecule has 1 saturated heterocycles. The van der Waals surface area contributed by atoms with Crippen LogP contribution in [0.4, 0.5) is 0 Å². The van der Waals surface area contributed by atoms with E-state index in [-0.39, 0.29) is 79.0 Å². The summed E-state index contributed by atoms with van der Waals surface area (Å²) in [5.41, 5.74) is 0. The molecule has 2 heterocycles. The van der Waals surface area contributed by atoms with Crippen molar-refractivity contribution in [1.29, 1.82) is 0 Å². The number of carboxylic acid groups (broad SMARTS) is 1. The van der Waals surface area contributed by atoms with Gasteiger partial charge in [-0.1, -0.05) is 0 Å². The van der Waals surface area contributed by atoms with Crippen LogP contribution in [0.3, 0.4) is 0 Å². The largest absolute Gasteiger partial charge is 0.481 e. The van der Waals surface area contributed by atoms with Crippen LogP contribution in [0.5, 0.6) is 0 Å². The molecule has 46 heavy (non-hydrogen) atoms. The third-order valence-electron chi connectivity index (χ3n) is 6.38. The maximum Gasteiger partial charge on any atom is 0.310 e. The maximum absolute atomic E-state index is 12.7. The summed E-state index contributed by atoms with van der Waals surface area (Å²) in [6, 6.07) is -3.10. The van der Waals surface area contributed by atoms with Crippen molar-refractivity contribution in [3.05, 3.63) is 12.2 Å². The van der Waals surface area contributed by atoms with Gasteiger partial charge < -0.3 is 44.7 Å². The van der Waals surface area contributed by atoms with Crippen molar-refractivity contribution in [2.24, 2.45) is 5.92 Å². The first kappa shape index (κ1) is 38.7. The summed E-state index contributed by atoms with van der Waals surface area (Å²) in [5, 5.41) is 17.0. The highest BCUT2D eigenvalue weighted by molar-refractivity contribution is 7.85. The van der Waals surface area contributed by atoms with Crippen LogP contribution >= 0.6 is 0 Å². The minimum atomic E-state index is -4.69. The van der Waals surface area contributed by atoms with Crippen LogP contribution in [0.2, 0.25) is 0 Å². The zero-order chi connectivity index (χ0) is 34.0. The second-order valence-electron chi connectivity index (χ2n) is 9.88. The number of hydrogen-bond donors (Lipinski definition) is 5. The van der Waals surface area contributed by atoms with Crippen LogP contribution in [0.15, 0.2) is 12.2 Å². The summed E-state index contributed by atoms with van der Waals surface area (Å²) < 4.78 is 58.8. The van der Waals surface area contributed by atoms with Crippen molar-refractivity contribution >= 4 is 45.6 Å². The van der Waals surface area contributed by atoms with E-state index in [1.165, 1.54) is 0 Å². The number of nitrogens with one attached hydrogen (secondary N) is 3. The van der Waals surface area contributed by atoms with E-state index in [1.807, 2.05) is 0 Å². The van der Waals surface area contributed by atoms with E-state index in [9.17, 15) is 46.8 Å². The number of carboxylic acids is 1. The Hall–Kier alpha value is -3.53. The predicted octanol–water partition coefficient (Wildman–Crippen LogP) is -3.54. The standard InChI is InChI=1S/C26H40N4O15S/c31-21-3-6-41-9-11-43-13-14-44-12-10-42-7-4-27-22(32)15-20(30-23(33)1-2-24(30)34)18(26(36)37)16-45-8-5-28-25(35)19(29-21)17-46(38,39)40/h1-2,18-20H,3-17H2,(H,27,32)(H,28,35)(H,29,31)(H,36,37)(H,38,39,40). The summed E-state index contributed by atoms with van der Waals surface area (Å²) in [6.45, 7) is 0.259. The lowest BCUT2D eigenvalue weighted by molar-refractivity contribution is -0.152. The number of hydrogen-bond acceptors (Lipinski definition) is 13. The summed E-state index contributed by atoms with van der Waals surface area (Å²) in [4.78, 5) is 75.1. The first-order chi connectivity index (χ1) is 21.9. The second kappa shape index (κ2) is 20.6. The molecule has 3 unspecified atom stereocenters. The average Bonchev–Trinajstić information content (AvgIpc) is 3.31. The van der Waals surface area contributed by atoms with E-state index >= 15 is 0 Å². The fourth-order valence-electron chi connectivity index (χ4n) is 4.19. The van der Waals surface area contributed by atoms with Gasteiger partial charge in [-0.05, 0) is 0 Å². The quantitative estimate of drug-likeness (QED) is 0.142. The molecule has 2 rings (SSSR count). The molecule has 0 radical (unpaired) electrons. The summed E-state index contributed by atoms with van der Waals surface area (Å²) >= 11 is 0. The lowest BCUT2D eigenvalue weighted by atomic mass is 9.95. The lowest BCUT2D eigenvalue weighted by Gasteiger charge is -2.30. The molecule has 1 fully saturated rings. The molecule has 5 N–H and O–H groups in total. The van der Waals surface area contributed by atoms with Crippen molar-refractivity contribution in [1.82, 2.24) is 20.9 Å². The Balaban J connectivity index is 2.09. The Morgan fingerprint density at radius 3 is 1.87 bits per heavy atom. The number of imide groups is 1. The van der Waals surface area contributed by atoms with Crippen LogP contribution in [-0.4, -0.2) is 155 Å². The van der Waals surface area contributed by atoms with E-state index in [0.29, 0.717) is 4.90 Å². The smallest absolute Gasteiger partial charge is 0.310 e. The first-order valence-corrected chi connectivity index (χ1v) is 16.0. The molecule has 260 valence electrons. The van der Waals surface area contributed by atoms with Crippen molar-refractivity contribution in [2.75, 3.05) is 84.9 Å². The monoisotopic (exact) mass is 680 g/mol. The molecule has 0 aromatic heterocycles. The molecule has 0 aromatic carbocycles. The summed E-state index contributed by atoms with van der Waals surface area (Å²) in [7, 11) is -4.69. The third kappa shape index (κ3) is 15.2. The number of aliphatic carboxylic acids is 1. The van der Waals surface area contributed by atoms with Gasteiger partial charge in [0.15, 0.2) is 0 Å². The van der Waals surface area contributed by atoms with E-state index in [4.69, 9.17) is 23.7 Å². The van der Waals surface area contributed by atoms with Crippen LogP contribution in [-0.2, 0) is 62.6 Å². The van der Waals surface area contributed by atoms with E-state index in [1.54, 1.807) is 0 Å². The van der Waals surface area contributed by atoms with Crippen molar-refractivity contribution in [3.8, 4) is 0 Å². The van der Waals surface area contributed by atoms with Gasteiger partial charge in [0.25, 0.3) is 21.9 Å². The van der Waals surface area contributed by atoms with E-state index in [0.717, 1.165) is 12.2 Å². The fourth-order valence-corrected chi connectivity index (χ4v) is 4.85. The normalized spacial score (nSPS) is 25.5. The Kier molecular flexibility index (Phi) is 17.3. The summed E-state index contributed by atoms with van der Waals surface area (Å²) in [5.74, 6) is -8.12. The molecule has 19 nitrogen and oxygen atoms in total. The molecule has 20 heteroatoms. The molecular weight excluding hydrogens is 640 g/mol. The van der Waals surface area contributed by atoms with Crippen molar-refractivity contribution in [2.45, 2.75) is 24.9 Å². The topological polar surface area (TPSA) is 262 Å². The van der Waals surface area contributed by atoms with Crippen molar-refractivity contribution in [3.63, 3.8) is 0 Å². The summed E-state index contributed by atoms with van der Waals surface area (Å²) in [6.07, 6.45) is 1.12. The Bertz CT molecular complexity index is 1180. The lowest BCUT2D eigenvalue weighted by Crippen LogP contribution is -2.51. The highest BCUT2D eigenvalue weighted by Crippen LogP contribution is 2.21. The zero-order valence-electron chi connectivity index (χ0n) is 25.1. The number of rotatable bonds is 4. The average molecular weight is 681 g/mol. The third-order valence-corrected chi connectivity index (χ3v) is 7.14. The molecule has 2 aliphatic heterocycles. The van der Waals surface area contributed by atoms with Crippen molar-refractivity contribution < 1.29 is 70.5 Å². The predicted molar refractivity (Wildman–Crippen MR) is 154 cm³/mol. The molecular formula is C26H40N4O15S. The zero-order valence-corrected chi connectivity index (χ0v) is 25.9. The SMILES string of the molecule is O=C1CC(N2C(=O)C=CC2=O)C(C(=O)O)COCCNC(=O)C(CS(=O)(=O)O)NC(=O)CCOCCOCCOCCOCCN1. The maximum atomic E-state index is 12.7. The molecule has 0 aliphatic carbocycles. The molecule has 0 bridgehead atoms. The Morgan fingerprint density at radius 2 is 1.30 bits per heavy atom. The van der Waals surface area contributed by atoms with E-state index in [2.05, 4.69) is 16.0 Å². The van der Waals surface area contributed by atoms with Gasteiger partial charge in [-0.15, -0.1) is 0 Å². The fraction of sp³-hybridized carbons (Fsp3) is 0.692. The van der Waals surface area contributed by atoms with Crippen LogP contribution in [0.1, 0.15) is 12.8 Å². The molecule has 2 aliphatic rings. The van der Waals surface area contributed by atoms with Crippen LogP contribution in [0.25, 0.3) is 0 Å². The number of nitrogens with zero attached hydrogens (tertiary/aromatic N) is 1. The minimum Gasteiger partial charge on any atom is -0.481 e. The minimum absolute atomic E-state index is 0.0573. The van der Waals surface area contributed by atoms with Gasteiger partial charge in [-0.3, -0.25) is 38.2 Å². The second-order valence-corrected chi connectivity index (χ2v) is 11.4. The molecule has 0 saturated carbocycles. The van der Waals surface area contributed by atoms with Gasteiger partial charge in [-0.25, -0.2) is 0 Å².